The van der Waals surface area contributed by atoms with Gasteiger partial charge in [0.25, 0.3) is 5.91 Å². The lowest BCUT2D eigenvalue weighted by atomic mass is 10.1. The Kier molecular flexibility index (Phi) is 4.02. The Bertz CT molecular complexity index is 794. The number of hydrogen-bond donors (Lipinski definition) is 2. The summed E-state index contributed by atoms with van der Waals surface area (Å²) < 4.78 is 0.855. The standard InChI is InChI=1S/C16H13BrN4O/c1-10-2-4-11(5-3-10)13-8-14(21-20-13)16(22)19-15-7-6-12(17)9-18-15/h2-9H,1H3,(H,20,21)(H,18,19,22). The Balaban J connectivity index is 1.76. The molecule has 0 radical (unpaired) electrons. The molecule has 2 aromatic heterocycles. The fourth-order valence-electron chi connectivity index (χ4n) is 1.94. The van der Waals surface area contributed by atoms with Gasteiger partial charge in [-0.25, -0.2) is 4.98 Å². The minimum Gasteiger partial charge on any atom is -0.305 e. The quantitative estimate of drug-likeness (QED) is 0.749. The molecule has 0 spiro atoms. The number of aromatic nitrogens is 3. The van der Waals surface area contributed by atoms with E-state index in [1.54, 1.807) is 18.3 Å². The summed E-state index contributed by atoms with van der Waals surface area (Å²) in [7, 11) is 0. The molecule has 2 heterocycles. The van der Waals surface area contributed by atoms with Crippen molar-refractivity contribution in [2.75, 3.05) is 5.32 Å². The molecule has 3 rings (SSSR count). The van der Waals surface area contributed by atoms with Crippen LogP contribution in [-0.4, -0.2) is 21.1 Å². The van der Waals surface area contributed by atoms with E-state index in [9.17, 15) is 4.79 Å². The summed E-state index contributed by atoms with van der Waals surface area (Å²) >= 11 is 3.30. The third-order valence-electron chi connectivity index (χ3n) is 3.14. The van der Waals surface area contributed by atoms with Gasteiger partial charge in [0.15, 0.2) is 0 Å². The summed E-state index contributed by atoms with van der Waals surface area (Å²) in [5, 5.41) is 9.65. The second-order valence-corrected chi connectivity index (χ2v) is 5.76. The fourth-order valence-corrected chi connectivity index (χ4v) is 2.18. The molecule has 0 bridgehead atoms. The van der Waals surface area contributed by atoms with Crippen molar-refractivity contribution in [1.29, 1.82) is 0 Å². The number of carbonyl (C=O) groups is 1. The van der Waals surface area contributed by atoms with Crippen LogP contribution in [0.2, 0.25) is 0 Å². The average Bonchev–Trinajstić information content (AvgIpc) is 3.00. The Morgan fingerprint density at radius 3 is 2.64 bits per heavy atom. The average molecular weight is 357 g/mol. The molecule has 0 aliphatic rings. The predicted molar refractivity (Wildman–Crippen MR) is 88.7 cm³/mol. The number of hydrogen-bond acceptors (Lipinski definition) is 3. The Hall–Kier alpha value is -2.47. The second-order valence-electron chi connectivity index (χ2n) is 4.85. The number of rotatable bonds is 3. The third-order valence-corrected chi connectivity index (χ3v) is 3.61. The van der Waals surface area contributed by atoms with Gasteiger partial charge in [0.1, 0.15) is 11.5 Å². The van der Waals surface area contributed by atoms with Crippen molar-refractivity contribution in [3.05, 3.63) is 64.4 Å². The highest BCUT2D eigenvalue weighted by atomic mass is 79.9. The molecular weight excluding hydrogens is 344 g/mol. The number of benzene rings is 1. The SMILES string of the molecule is Cc1ccc(-c2cc(C(=O)Nc3ccc(Br)cn3)[nH]n2)cc1. The van der Waals surface area contributed by atoms with E-state index in [1.165, 1.54) is 5.56 Å². The molecule has 0 fully saturated rings. The minimum atomic E-state index is -0.277. The zero-order valence-corrected chi connectivity index (χ0v) is 13.4. The van der Waals surface area contributed by atoms with E-state index in [0.29, 0.717) is 11.5 Å². The molecule has 0 saturated heterocycles. The highest BCUT2D eigenvalue weighted by Crippen LogP contribution is 2.19. The van der Waals surface area contributed by atoms with Gasteiger partial charge in [-0.15, -0.1) is 0 Å². The number of H-pyrrole nitrogens is 1. The van der Waals surface area contributed by atoms with Crippen molar-refractivity contribution in [3.8, 4) is 11.3 Å². The summed E-state index contributed by atoms with van der Waals surface area (Å²) in [4.78, 5) is 16.3. The van der Waals surface area contributed by atoms with E-state index >= 15 is 0 Å². The van der Waals surface area contributed by atoms with Gasteiger partial charge >= 0.3 is 0 Å². The normalized spacial score (nSPS) is 10.5. The van der Waals surface area contributed by atoms with Gasteiger partial charge in [-0.1, -0.05) is 29.8 Å². The van der Waals surface area contributed by atoms with Crippen LogP contribution in [0.5, 0.6) is 0 Å². The molecule has 5 nitrogen and oxygen atoms in total. The smallest absolute Gasteiger partial charge is 0.274 e. The van der Waals surface area contributed by atoms with Gasteiger partial charge in [-0.2, -0.15) is 5.10 Å². The first kappa shape index (κ1) is 14.5. The highest BCUT2D eigenvalue weighted by Gasteiger charge is 2.11. The van der Waals surface area contributed by atoms with Crippen molar-refractivity contribution in [2.24, 2.45) is 0 Å². The Morgan fingerprint density at radius 2 is 1.95 bits per heavy atom. The zero-order chi connectivity index (χ0) is 15.5. The lowest BCUT2D eigenvalue weighted by molar-refractivity contribution is 0.102. The highest BCUT2D eigenvalue weighted by molar-refractivity contribution is 9.10. The van der Waals surface area contributed by atoms with Gasteiger partial charge in [0.05, 0.1) is 5.69 Å². The van der Waals surface area contributed by atoms with Gasteiger partial charge in [-0.3, -0.25) is 9.89 Å². The first-order valence-corrected chi connectivity index (χ1v) is 7.46. The molecule has 0 aliphatic carbocycles. The van der Waals surface area contributed by atoms with E-state index in [-0.39, 0.29) is 5.91 Å². The van der Waals surface area contributed by atoms with Gasteiger partial charge in [0.2, 0.25) is 0 Å². The van der Waals surface area contributed by atoms with Crippen LogP contribution in [0.3, 0.4) is 0 Å². The van der Waals surface area contributed by atoms with Crippen molar-refractivity contribution < 1.29 is 4.79 Å². The van der Waals surface area contributed by atoms with Crippen LogP contribution in [0, 0.1) is 6.92 Å². The molecule has 2 N–H and O–H groups in total. The molecule has 0 saturated carbocycles. The number of nitrogens with one attached hydrogen (secondary N) is 2. The predicted octanol–water partition coefficient (Wildman–Crippen LogP) is 3.79. The van der Waals surface area contributed by atoms with Crippen LogP contribution in [0.1, 0.15) is 16.1 Å². The van der Waals surface area contributed by atoms with E-state index in [0.717, 1.165) is 15.7 Å². The molecule has 1 aromatic carbocycles. The van der Waals surface area contributed by atoms with Crippen molar-refractivity contribution >= 4 is 27.7 Å². The van der Waals surface area contributed by atoms with Gasteiger partial charge in [0, 0.05) is 16.2 Å². The number of aryl methyl sites for hydroxylation is 1. The number of nitrogens with zero attached hydrogens (tertiary/aromatic N) is 2. The number of amides is 1. The van der Waals surface area contributed by atoms with Crippen LogP contribution in [0.4, 0.5) is 5.82 Å². The molecule has 0 atom stereocenters. The van der Waals surface area contributed by atoms with E-state index in [2.05, 4.69) is 36.4 Å². The minimum absolute atomic E-state index is 0.277. The summed E-state index contributed by atoms with van der Waals surface area (Å²) in [6, 6.07) is 13.2. The maximum Gasteiger partial charge on any atom is 0.274 e. The van der Waals surface area contributed by atoms with Crippen molar-refractivity contribution in [1.82, 2.24) is 15.2 Å². The number of aromatic amines is 1. The van der Waals surface area contributed by atoms with E-state index < -0.39 is 0 Å². The summed E-state index contributed by atoms with van der Waals surface area (Å²) in [5.74, 6) is 0.209. The van der Waals surface area contributed by atoms with E-state index in [1.807, 2.05) is 37.3 Å². The summed E-state index contributed by atoms with van der Waals surface area (Å²) in [6.07, 6.45) is 1.63. The lowest BCUT2D eigenvalue weighted by Gasteiger charge is -2.01. The lowest BCUT2D eigenvalue weighted by Crippen LogP contribution is -2.13. The first-order chi connectivity index (χ1) is 10.6. The Morgan fingerprint density at radius 1 is 1.18 bits per heavy atom. The topological polar surface area (TPSA) is 70.7 Å². The van der Waals surface area contributed by atoms with Crippen LogP contribution in [0.25, 0.3) is 11.3 Å². The molecule has 1 amide bonds. The van der Waals surface area contributed by atoms with Crippen LogP contribution in [0.15, 0.2) is 53.1 Å². The fraction of sp³-hybridized carbons (Fsp3) is 0.0625. The maximum atomic E-state index is 12.2. The van der Waals surface area contributed by atoms with Crippen molar-refractivity contribution in [2.45, 2.75) is 6.92 Å². The van der Waals surface area contributed by atoms with Crippen LogP contribution < -0.4 is 5.32 Å². The summed E-state index contributed by atoms with van der Waals surface area (Å²) in [6.45, 7) is 2.03. The number of halogens is 1. The van der Waals surface area contributed by atoms with Gasteiger partial charge in [-0.05, 0) is 41.1 Å². The monoisotopic (exact) mass is 356 g/mol. The molecule has 22 heavy (non-hydrogen) atoms. The van der Waals surface area contributed by atoms with E-state index in [4.69, 9.17) is 0 Å². The largest absolute Gasteiger partial charge is 0.305 e. The maximum absolute atomic E-state index is 12.2. The molecule has 110 valence electrons. The Labute approximate surface area is 135 Å². The van der Waals surface area contributed by atoms with Crippen LogP contribution in [-0.2, 0) is 0 Å². The number of anilines is 1. The molecule has 6 heteroatoms. The number of pyridine rings is 1. The zero-order valence-electron chi connectivity index (χ0n) is 11.8. The van der Waals surface area contributed by atoms with Crippen LogP contribution >= 0.6 is 15.9 Å². The summed E-state index contributed by atoms with van der Waals surface area (Å²) in [5.41, 5.74) is 3.26. The first-order valence-electron chi connectivity index (χ1n) is 6.67. The molecule has 0 unspecified atom stereocenters. The second kappa shape index (κ2) is 6.11. The number of carbonyl (C=O) groups excluding carboxylic acids is 1. The third kappa shape index (κ3) is 3.23. The van der Waals surface area contributed by atoms with Gasteiger partial charge < -0.3 is 5.32 Å². The molecular formula is C16H13BrN4O. The molecule has 3 aromatic rings. The molecule has 0 aliphatic heterocycles. The van der Waals surface area contributed by atoms with Crippen molar-refractivity contribution in [3.63, 3.8) is 0 Å².